The van der Waals surface area contributed by atoms with Crippen LogP contribution in [0.15, 0.2) is 0 Å². The maximum Gasteiger partial charge on any atom is 0.472 e. The number of rotatable bonds is 70. The van der Waals surface area contributed by atoms with E-state index in [2.05, 4.69) is 48.5 Å². The third-order valence-corrected chi connectivity index (χ3v) is 18.5. The molecule has 5 atom stereocenters. The van der Waals surface area contributed by atoms with Crippen LogP contribution in [-0.4, -0.2) is 96.7 Å². The van der Waals surface area contributed by atoms with Crippen LogP contribution in [-0.2, 0) is 65.4 Å². The first-order valence-electron chi connectivity index (χ1n) is 37.3. The normalized spacial score (nSPS) is 14.2. The molecule has 0 radical (unpaired) electrons. The van der Waals surface area contributed by atoms with Gasteiger partial charge in [-0.05, 0) is 43.4 Å². The molecule has 0 fully saturated rings. The summed E-state index contributed by atoms with van der Waals surface area (Å²) < 4.78 is 68.3. The van der Waals surface area contributed by atoms with Crippen LogP contribution >= 0.6 is 15.6 Å². The molecule has 3 N–H and O–H groups in total. The maximum absolute atomic E-state index is 13.0. The highest BCUT2D eigenvalue weighted by Crippen LogP contribution is 2.45. The predicted molar refractivity (Wildman–Crippen MR) is 368 cm³/mol. The molecule has 0 aromatic rings. The van der Waals surface area contributed by atoms with Gasteiger partial charge in [0.1, 0.15) is 19.3 Å². The van der Waals surface area contributed by atoms with E-state index < -0.39 is 97.5 Å². The number of unbranched alkanes of at least 4 members (excludes halogenated alkanes) is 38. The lowest BCUT2D eigenvalue weighted by Crippen LogP contribution is -2.30. The SMILES string of the molecule is CCCCCCCCCCCCCCC(=O)O[C@H](COC(=O)CCCCCCCCC(C)C)COP(=O)(O)OC[C@H](O)COP(=O)(O)OC[C@@H](COC(=O)CCCCCCCCCCCCC(C)C)OC(=O)CCCCCCCCCCCCCCCCC(C)C. The van der Waals surface area contributed by atoms with Crippen LogP contribution in [0, 0.1) is 17.8 Å². The number of hydrogen-bond acceptors (Lipinski definition) is 15. The summed E-state index contributed by atoms with van der Waals surface area (Å²) in [6.45, 7) is 11.8. The van der Waals surface area contributed by atoms with E-state index in [9.17, 15) is 43.2 Å². The molecule has 19 heteroatoms. The first-order valence-corrected chi connectivity index (χ1v) is 40.3. The van der Waals surface area contributed by atoms with Crippen molar-refractivity contribution in [1.29, 1.82) is 0 Å². The van der Waals surface area contributed by atoms with E-state index >= 15 is 0 Å². The summed E-state index contributed by atoms with van der Waals surface area (Å²) in [5, 5.41) is 10.6. The zero-order valence-corrected chi connectivity index (χ0v) is 61.1. The number of hydrogen-bond donors (Lipinski definition) is 3. The van der Waals surface area contributed by atoms with Crippen LogP contribution in [0.4, 0.5) is 0 Å². The predicted octanol–water partition coefficient (Wildman–Crippen LogP) is 20.6. The van der Waals surface area contributed by atoms with Crippen molar-refractivity contribution in [2.75, 3.05) is 39.6 Å². The number of carbonyl (C=O) groups excluding carboxylic acids is 4. The average molecular weight is 1340 g/mol. The van der Waals surface area contributed by atoms with E-state index in [1.165, 1.54) is 167 Å². The molecule has 0 amide bonds. The van der Waals surface area contributed by atoms with Crippen LogP contribution < -0.4 is 0 Å². The smallest absolute Gasteiger partial charge is 0.462 e. The Kier molecular flexibility index (Phi) is 61.5. The minimum atomic E-state index is -4.95. The van der Waals surface area contributed by atoms with Gasteiger partial charge in [-0.25, -0.2) is 9.13 Å². The fourth-order valence-corrected chi connectivity index (χ4v) is 12.5. The molecule has 540 valence electrons. The molecule has 0 saturated heterocycles. The summed E-state index contributed by atoms with van der Waals surface area (Å²) in [6, 6.07) is 0. The van der Waals surface area contributed by atoms with Crippen molar-refractivity contribution >= 4 is 39.5 Å². The van der Waals surface area contributed by atoms with Gasteiger partial charge >= 0.3 is 39.5 Å². The average Bonchev–Trinajstić information content (AvgIpc) is 3.72. The second-order valence-electron chi connectivity index (χ2n) is 27.4. The van der Waals surface area contributed by atoms with Crippen molar-refractivity contribution in [1.82, 2.24) is 0 Å². The molecule has 0 aliphatic rings. The van der Waals surface area contributed by atoms with Crippen molar-refractivity contribution in [2.45, 2.75) is 381 Å². The summed E-state index contributed by atoms with van der Waals surface area (Å²) in [5.74, 6) is 0.109. The molecule has 0 spiro atoms. The molecular weight excluding hydrogens is 1200 g/mol. The van der Waals surface area contributed by atoms with Crippen LogP contribution in [0.3, 0.4) is 0 Å². The summed E-state index contributed by atoms with van der Waals surface area (Å²) in [5.41, 5.74) is 0. The summed E-state index contributed by atoms with van der Waals surface area (Å²) in [7, 11) is -9.90. The largest absolute Gasteiger partial charge is 0.472 e. The van der Waals surface area contributed by atoms with E-state index in [0.717, 1.165) is 108 Å². The molecule has 0 rings (SSSR count). The lowest BCUT2D eigenvalue weighted by molar-refractivity contribution is -0.161. The molecule has 91 heavy (non-hydrogen) atoms. The molecule has 0 heterocycles. The standard InChI is InChI=1S/C72H140O17P2/c1-8-9-10-11-12-13-14-20-27-32-41-48-55-71(76)89-68(60-83-70(75)54-47-40-35-34-38-45-52-65(6)7)62-87-91(80,81)85-58-66(73)57-84-90(78,79)86-61-67(59-82-69(74)53-46-39-31-26-23-22-25-30-37-44-51-64(4)5)88-72(77)56-49-42-33-28-21-18-16-15-17-19-24-29-36-43-50-63(2)3/h63-68,73H,8-62H2,1-7H3,(H,78,79)(H,80,81)/t66-,67-,68-/m1/s1. The summed E-state index contributed by atoms with van der Waals surface area (Å²) in [6.07, 6.45) is 47.3. The Morgan fingerprint density at radius 1 is 0.297 bits per heavy atom. The lowest BCUT2D eigenvalue weighted by atomic mass is 10.0. The molecule has 0 aliphatic carbocycles. The van der Waals surface area contributed by atoms with Gasteiger partial charge in [0.25, 0.3) is 0 Å². The number of aliphatic hydroxyl groups is 1. The molecule has 0 saturated carbocycles. The topological polar surface area (TPSA) is 237 Å². The molecule has 0 aromatic carbocycles. The van der Waals surface area contributed by atoms with Gasteiger partial charge in [0.2, 0.25) is 0 Å². The van der Waals surface area contributed by atoms with Crippen molar-refractivity contribution < 1.29 is 80.2 Å². The Balaban J connectivity index is 5.24. The quantitative estimate of drug-likeness (QED) is 0.0222. The van der Waals surface area contributed by atoms with Gasteiger partial charge in [0.15, 0.2) is 12.2 Å². The fraction of sp³-hybridized carbons (Fsp3) is 0.944. The molecule has 0 bridgehead atoms. The van der Waals surface area contributed by atoms with Gasteiger partial charge in [-0.3, -0.25) is 37.3 Å². The number of esters is 4. The second-order valence-corrected chi connectivity index (χ2v) is 30.3. The van der Waals surface area contributed by atoms with Gasteiger partial charge in [0.05, 0.1) is 26.4 Å². The minimum Gasteiger partial charge on any atom is -0.462 e. The second kappa shape index (κ2) is 62.8. The fourth-order valence-electron chi connectivity index (χ4n) is 10.9. The Labute approximate surface area is 556 Å². The van der Waals surface area contributed by atoms with Crippen LogP contribution in [0.2, 0.25) is 0 Å². The monoisotopic (exact) mass is 1340 g/mol. The first-order chi connectivity index (χ1) is 43.7. The zero-order chi connectivity index (χ0) is 67.3. The number of carbonyl (C=O) groups is 4. The molecule has 0 aromatic heterocycles. The third kappa shape index (κ3) is 66.5. The van der Waals surface area contributed by atoms with Gasteiger partial charge in [-0.15, -0.1) is 0 Å². The maximum atomic E-state index is 13.0. The van der Waals surface area contributed by atoms with Crippen LogP contribution in [0.1, 0.15) is 363 Å². The third-order valence-electron chi connectivity index (χ3n) is 16.6. The van der Waals surface area contributed by atoms with E-state index in [1.54, 1.807) is 0 Å². The lowest BCUT2D eigenvalue weighted by Gasteiger charge is -2.21. The molecule has 17 nitrogen and oxygen atoms in total. The minimum absolute atomic E-state index is 0.106. The van der Waals surface area contributed by atoms with Crippen molar-refractivity contribution in [3.8, 4) is 0 Å². The van der Waals surface area contributed by atoms with Gasteiger partial charge in [-0.1, -0.05) is 312 Å². The number of ether oxygens (including phenoxy) is 4. The highest BCUT2D eigenvalue weighted by molar-refractivity contribution is 7.47. The van der Waals surface area contributed by atoms with Crippen molar-refractivity contribution in [2.24, 2.45) is 17.8 Å². The van der Waals surface area contributed by atoms with Crippen LogP contribution in [0.25, 0.3) is 0 Å². The zero-order valence-electron chi connectivity index (χ0n) is 59.3. The van der Waals surface area contributed by atoms with E-state index in [0.29, 0.717) is 31.6 Å². The Morgan fingerprint density at radius 3 is 0.747 bits per heavy atom. The van der Waals surface area contributed by atoms with Crippen molar-refractivity contribution in [3.05, 3.63) is 0 Å². The summed E-state index contributed by atoms with van der Waals surface area (Å²) in [4.78, 5) is 72.6. The molecular formula is C72H140O17P2. The molecule has 2 unspecified atom stereocenters. The Hall–Kier alpha value is -1.94. The van der Waals surface area contributed by atoms with Gasteiger partial charge in [0, 0.05) is 25.7 Å². The highest BCUT2D eigenvalue weighted by atomic mass is 31.2. The van der Waals surface area contributed by atoms with Crippen LogP contribution in [0.5, 0.6) is 0 Å². The Bertz CT molecular complexity index is 1780. The van der Waals surface area contributed by atoms with E-state index in [1.807, 2.05) is 0 Å². The number of phosphoric acid groups is 2. The van der Waals surface area contributed by atoms with E-state index in [-0.39, 0.29) is 25.7 Å². The summed E-state index contributed by atoms with van der Waals surface area (Å²) >= 11 is 0. The Morgan fingerprint density at radius 2 is 0.505 bits per heavy atom. The highest BCUT2D eigenvalue weighted by Gasteiger charge is 2.30. The first kappa shape index (κ1) is 89.1. The van der Waals surface area contributed by atoms with Gasteiger partial charge in [-0.2, -0.15) is 0 Å². The molecule has 0 aliphatic heterocycles. The number of aliphatic hydroxyl groups excluding tert-OH is 1. The number of phosphoric ester groups is 2. The van der Waals surface area contributed by atoms with Crippen molar-refractivity contribution in [3.63, 3.8) is 0 Å². The van der Waals surface area contributed by atoms with E-state index in [4.69, 9.17) is 37.0 Å². The van der Waals surface area contributed by atoms with Gasteiger partial charge < -0.3 is 33.8 Å².